The van der Waals surface area contributed by atoms with Crippen LogP contribution in [-0.4, -0.2) is 45.0 Å². The standard InChI is InChI=1S/C35H25O9PS4/c1-43-23-12-8-21(9-13-23)30-19-28-34(46-30)33(27-17-16-26(48(37,38)39)18-32(27)49(40,41)42)35-29(45(28,36)25-6-4-3-5-7-25)20-31(47-35)22-10-14-24(44-2)15-11-22/h3-20H,1-2H3,(H-,37,38,39,40,41,42)/p+1. The maximum atomic E-state index is 15.9. The highest BCUT2D eigenvalue weighted by molar-refractivity contribution is 7.90. The molecule has 49 heavy (non-hydrogen) atoms. The number of thiophene rings is 1. The molecule has 248 valence electrons. The van der Waals surface area contributed by atoms with Gasteiger partial charge in [0.15, 0.2) is 7.14 Å². The Morgan fingerprint density at radius 2 is 1.35 bits per heavy atom. The van der Waals surface area contributed by atoms with Crippen LogP contribution >= 0.6 is 18.5 Å². The van der Waals surface area contributed by atoms with Gasteiger partial charge >= 0.3 is 0 Å². The minimum absolute atomic E-state index is 0.0111. The van der Waals surface area contributed by atoms with Crippen LogP contribution in [0, 0.1) is 0 Å². The molecule has 4 aromatic carbocycles. The van der Waals surface area contributed by atoms with Crippen molar-refractivity contribution in [1.82, 2.24) is 0 Å². The number of benzene rings is 4. The summed E-state index contributed by atoms with van der Waals surface area (Å²) in [6.07, 6.45) is 1.85. The number of hydrogen-bond donors (Lipinski definition) is 2. The topological polar surface area (TPSA) is 144 Å². The minimum Gasteiger partial charge on any atom is -0.497 e. The smallest absolute Gasteiger partial charge is 0.295 e. The van der Waals surface area contributed by atoms with Crippen molar-refractivity contribution in [3.63, 3.8) is 0 Å². The van der Waals surface area contributed by atoms with Gasteiger partial charge in [0.2, 0.25) is 16.2 Å². The van der Waals surface area contributed by atoms with Gasteiger partial charge in [-0.3, -0.25) is 9.11 Å². The van der Waals surface area contributed by atoms with Crippen LogP contribution in [0.4, 0.5) is 0 Å². The molecule has 9 nitrogen and oxygen atoms in total. The van der Waals surface area contributed by atoms with E-state index in [1.807, 2.05) is 54.6 Å². The Hall–Kier alpha value is -4.20. The van der Waals surface area contributed by atoms with Crippen molar-refractivity contribution in [1.29, 1.82) is 0 Å². The van der Waals surface area contributed by atoms with Crippen LogP contribution in [-0.2, 0) is 36.2 Å². The molecule has 2 aliphatic heterocycles. The van der Waals surface area contributed by atoms with Crippen LogP contribution in [0.15, 0.2) is 129 Å². The summed E-state index contributed by atoms with van der Waals surface area (Å²) < 4.78 is 96.7. The fourth-order valence-corrected chi connectivity index (χ4v) is 13.5. The van der Waals surface area contributed by atoms with Crippen molar-refractivity contribution < 1.29 is 40.0 Å². The van der Waals surface area contributed by atoms with Gasteiger partial charge in [0.1, 0.15) is 16.4 Å². The lowest BCUT2D eigenvalue weighted by molar-refractivity contribution is 0.414. The number of hydrogen-bond acceptors (Lipinski definition) is 8. The van der Waals surface area contributed by atoms with E-state index in [1.165, 1.54) is 28.8 Å². The van der Waals surface area contributed by atoms with Crippen LogP contribution in [0.3, 0.4) is 0 Å². The molecule has 0 saturated carbocycles. The second kappa shape index (κ2) is 12.3. The maximum absolute atomic E-state index is 15.9. The minimum atomic E-state index is -5.04. The molecule has 0 radical (unpaired) electrons. The first kappa shape index (κ1) is 33.3. The van der Waals surface area contributed by atoms with E-state index < -0.39 is 37.2 Å². The summed E-state index contributed by atoms with van der Waals surface area (Å²) in [6, 6.07) is 28.6. The van der Waals surface area contributed by atoms with Crippen molar-refractivity contribution in [3.8, 4) is 21.9 Å². The first-order chi connectivity index (χ1) is 23.3. The average molecular weight is 750 g/mol. The highest BCUT2D eigenvalue weighted by atomic mass is 32.2. The third-order valence-electron chi connectivity index (χ3n) is 8.22. The maximum Gasteiger partial charge on any atom is 0.295 e. The van der Waals surface area contributed by atoms with Gasteiger partial charge in [-0.15, -0.1) is 11.3 Å². The van der Waals surface area contributed by atoms with E-state index in [9.17, 15) is 25.9 Å². The normalized spacial score (nSPS) is 17.2. The molecule has 0 amide bonds. The van der Waals surface area contributed by atoms with Gasteiger partial charge in [-0.1, -0.05) is 36.4 Å². The van der Waals surface area contributed by atoms with E-state index in [4.69, 9.17) is 9.47 Å². The molecule has 0 spiro atoms. The van der Waals surface area contributed by atoms with E-state index >= 15 is 4.57 Å². The highest BCUT2D eigenvalue weighted by Crippen LogP contribution is 2.63. The summed E-state index contributed by atoms with van der Waals surface area (Å²) in [5.41, 5.74) is 1.95. The van der Waals surface area contributed by atoms with Gasteiger partial charge in [0.25, 0.3) is 25.1 Å². The molecule has 0 fully saturated rings. The lowest BCUT2D eigenvalue weighted by Crippen LogP contribution is -2.23. The van der Waals surface area contributed by atoms with Gasteiger partial charge in [-0.05, 0) is 72.3 Å². The number of fused-ring (bicyclic) bond motifs is 2. The van der Waals surface area contributed by atoms with Crippen LogP contribution in [0.5, 0.6) is 11.5 Å². The van der Waals surface area contributed by atoms with Crippen molar-refractivity contribution >= 4 is 71.1 Å². The Kier molecular flexibility index (Phi) is 8.35. The van der Waals surface area contributed by atoms with Crippen molar-refractivity contribution in [2.24, 2.45) is 0 Å². The molecule has 14 heteroatoms. The average Bonchev–Trinajstić information content (AvgIpc) is 3.75. The number of rotatable bonds is 8. The van der Waals surface area contributed by atoms with E-state index in [1.54, 1.807) is 50.6 Å². The third-order valence-corrected chi connectivity index (χ3v) is 15.8. The molecular weight excluding hydrogens is 724 g/mol. The first-order valence-electron chi connectivity index (χ1n) is 14.5. The Labute approximate surface area is 291 Å². The van der Waals surface area contributed by atoms with Gasteiger partial charge in [0, 0.05) is 32.7 Å². The molecule has 0 aliphatic carbocycles. The van der Waals surface area contributed by atoms with Crippen molar-refractivity contribution in [2.45, 2.75) is 9.79 Å². The SMILES string of the molecule is COc1ccc(C2=[S+]C3=C(c4ccc(S(=O)(=O)O)cc4S(=O)(=O)O)c4sc(-c5ccc(OC)cc5)cc4P(=O)(c4ccccc4)C3=C2)cc1. The van der Waals surface area contributed by atoms with E-state index in [0.29, 0.717) is 42.8 Å². The molecule has 2 N–H and O–H groups in total. The predicted molar refractivity (Wildman–Crippen MR) is 194 cm³/mol. The highest BCUT2D eigenvalue weighted by Gasteiger charge is 2.51. The molecule has 1 atom stereocenters. The number of allylic oxidation sites excluding steroid dienone is 2. The zero-order chi connectivity index (χ0) is 34.7. The molecule has 7 rings (SSSR count). The number of methoxy groups -OCH3 is 2. The largest absolute Gasteiger partial charge is 0.497 e. The quantitative estimate of drug-likeness (QED) is 0.0819. The zero-order valence-corrected chi connectivity index (χ0v) is 29.9. The van der Waals surface area contributed by atoms with E-state index in [2.05, 4.69) is 0 Å². The molecule has 5 aromatic rings. The Morgan fingerprint density at radius 1 is 0.735 bits per heavy atom. The van der Waals surface area contributed by atoms with Gasteiger partial charge in [-0.2, -0.15) is 16.8 Å². The van der Waals surface area contributed by atoms with E-state index in [0.717, 1.165) is 33.0 Å². The molecule has 0 bridgehead atoms. The second-order valence-electron chi connectivity index (χ2n) is 11.0. The monoisotopic (exact) mass is 749 g/mol. The van der Waals surface area contributed by atoms with Crippen LogP contribution in [0.1, 0.15) is 16.0 Å². The summed E-state index contributed by atoms with van der Waals surface area (Å²) >= 11 is 2.60. The summed E-state index contributed by atoms with van der Waals surface area (Å²) in [6.45, 7) is 0. The van der Waals surface area contributed by atoms with Crippen LogP contribution < -0.4 is 20.1 Å². The Bertz CT molecular complexity index is 2520. The van der Waals surface area contributed by atoms with Crippen LogP contribution in [0.25, 0.3) is 16.0 Å². The molecule has 3 heterocycles. The van der Waals surface area contributed by atoms with Crippen molar-refractivity contribution in [2.75, 3.05) is 14.2 Å². The summed E-state index contributed by atoms with van der Waals surface area (Å²) in [5, 5.41) is 1.51. The third kappa shape index (κ3) is 5.81. The number of ether oxygens (including phenoxy) is 2. The Morgan fingerprint density at radius 3 is 1.92 bits per heavy atom. The van der Waals surface area contributed by atoms with Gasteiger partial charge in [-0.25, -0.2) is 0 Å². The molecule has 1 aromatic heterocycles. The lowest BCUT2D eigenvalue weighted by Gasteiger charge is -2.25. The summed E-state index contributed by atoms with van der Waals surface area (Å²) in [7, 11) is -10.4. The summed E-state index contributed by atoms with van der Waals surface area (Å²) in [4.78, 5) is 1.07. The Balaban J connectivity index is 1.59. The van der Waals surface area contributed by atoms with Gasteiger partial charge in [0.05, 0.1) is 34.9 Å². The summed E-state index contributed by atoms with van der Waals surface area (Å²) in [5.74, 6) is 1.30. The van der Waals surface area contributed by atoms with Crippen LogP contribution in [0.2, 0.25) is 0 Å². The molecule has 1 unspecified atom stereocenters. The van der Waals surface area contributed by atoms with E-state index in [-0.39, 0.29) is 5.56 Å². The lowest BCUT2D eigenvalue weighted by atomic mass is 10.0. The predicted octanol–water partition coefficient (Wildman–Crippen LogP) is 6.21. The zero-order valence-electron chi connectivity index (χ0n) is 25.7. The first-order valence-corrected chi connectivity index (χ1v) is 20.8. The molecule has 0 saturated heterocycles. The molecular formula is C35H26O9PS4+. The molecule has 2 aliphatic rings. The van der Waals surface area contributed by atoms with Gasteiger partial charge < -0.3 is 14.0 Å². The fraction of sp³-hybridized carbons (Fsp3) is 0.0571. The fourth-order valence-electron chi connectivity index (χ4n) is 5.86. The second-order valence-corrected chi connectivity index (χ2v) is 18.6. The van der Waals surface area contributed by atoms with Crippen molar-refractivity contribution in [3.05, 3.63) is 135 Å².